The summed E-state index contributed by atoms with van der Waals surface area (Å²) < 4.78 is 40.3. The van der Waals surface area contributed by atoms with Crippen molar-refractivity contribution in [2.75, 3.05) is 5.32 Å². The van der Waals surface area contributed by atoms with Gasteiger partial charge in [-0.1, -0.05) is 36.7 Å². The topological polar surface area (TPSA) is 51.1 Å². The molecule has 0 aliphatic carbocycles. The summed E-state index contributed by atoms with van der Waals surface area (Å²) in [6.45, 7) is 1.78. The van der Waals surface area contributed by atoms with Gasteiger partial charge in [-0.2, -0.15) is 13.2 Å². The number of fused-ring (bicyclic) bond motifs is 1. The fourth-order valence-corrected chi connectivity index (χ4v) is 3.28. The Morgan fingerprint density at radius 2 is 2.00 bits per heavy atom. The van der Waals surface area contributed by atoms with Gasteiger partial charge in [-0.05, 0) is 30.2 Å². The third kappa shape index (κ3) is 3.89. The highest BCUT2D eigenvalue weighted by molar-refractivity contribution is 6.33. The molecule has 0 radical (unpaired) electrons. The Morgan fingerprint density at radius 1 is 1.25 bits per heavy atom. The largest absolute Gasteiger partial charge is 0.416 e. The number of rotatable bonds is 5. The van der Waals surface area contributed by atoms with Crippen LogP contribution in [-0.4, -0.2) is 16.8 Å². The van der Waals surface area contributed by atoms with E-state index >= 15 is 0 Å². The monoisotopic (exact) mass is 408 g/mol. The number of aryl methyl sites for hydroxylation is 1. The van der Waals surface area contributed by atoms with Crippen LogP contribution in [0.15, 0.2) is 42.6 Å². The normalized spacial score (nSPS) is 11.6. The molecule has 3 aromatic rings. The summed E-state index contributed by atoms with van der Waals surface area (Å²) in [5.41, 5.74) is 1.11. The number of carbonyl (C=O) groups excluding carboxylic acids is 2. The van der Waals surface area contributed by atoms with E-state index in [1.807, 2.05) is 19.1 Å². The smallest absolute Gasteiger partial charge is 0.337 e. The number of halogens is 4. The van der Waals surface area contributed by atoms with Gasteiger partial charge in [-0.3, -0.25) is 9.59 Å². The van der Waals surface area contributed by atoms with E-state index in [9.17, 15) is 22.8 Å². The molecule has 0 aliphatic heterocycles. The first kappa shape index (κ1) is 19.9. The quantitative estimate of drug-likeness (QED) is 0.580. The minimum Gasteiger partial charge on any atom is -0.337 e. The second-order valence-electron chi connectivity index (χ2n) is 6.24. The van der Waals surface area contributed by atoms with E-state index in [0.29, 0.717) is 18.3 Å². The molecule has 4 nitrogen and oxygen atoms in total. The minimum absolute atomic E-state index is 0.00143. The number of aldehydes is 1. The molecular formula is C20H16ClF3N2O2. The maximum absolute atomic E-state index is 12.9. The SMILES string of the molecule is CCc1cccc2c(C=O)cn(CC(=O)Nc3cc(C(F)(F)F)ccc3Cl)c12. The lowest BCUT2D eigenvalue weighted by Crippen LogP contribution is -2.19. The van der Waals surface area contributed by atoms with Crippen molar-refractivity contribution in [3.8, 4) is 0 Å². The highest BCUT2D eigenvalue weighted by atomic mass is 35.5. The van der Waals surface area contributed by atoms with Crippen LogP contribution in [-0.2, 0) is 23.9 Å². The summed E-state index contributed by atoms with van der Waals surface area (Å²) >= 11 is 5.93. The number of aromatic nitrogens is 1. The maximum Gasteiger partial charge on any atom is 0.416 e. The molecular weight excluding hydrogens is 393 g/mol. The molecule has 8 heteroatoms. The van der Waals surface area contributed by atoms with Gasteiger partial charge in [0.25, 0.3) is 0 Å². The van der Waals surface area contributed by atoms with Crippen LogP contribution in [0.25, 0.3) is 10.9 Å². The Labute approximate surface area is 163 Å². The zero-order chi connectivity index (χ0) is 20.5. The van der Waals surface area contributed by atoms with Crippen LogP contribution >= 0.6 is 11.6 Å². The lowest BCUT2D eigenvalue weighted by Gasteiger charge is -2.13. The second kappa shape index (κ2) is 7.67. The maximum atomic E-state index is 12.9. The number of hydrogen-bond donors (Lipinski definition) is 1. The van der Waals surface area contributed by atoms with Crippen molar-refractivity contribution in [2.45, 2.75) is 26.1 Å². The summed E-state index contributed by atoms with van der Waals surface area (Å²) in [5, 5.41) is 3.14. The van der Waals surface area contributed by atoms with Crippen molar-refractivity contribution in [2.24, 2.45) is 0 Å². The van der Waals surface area contributed by atoms with Crippen LogP contribution < -0.4 is 5.32 Å². The van der Waals surface area contributed by atoms with Crippen molar-refractivity contribution in [3.63, 3.8) is 0 Å². The lowest BCUT2D eigenvalue weighted by atomic mass is 10.1. The van der Waals surface area contributed by atoms with Gasteiger partial charge in [0.2, 0.25) is 5.91 Å². The van der Waals surface area contributed by atoms with Gasteiger partial charge in [0.1, 0.15) is 6.54 Å². The average Bonchev–Trinajstić information content (AvgIpc) is 3.00. The van der Waals surface area contributed by atoms with E-state index in [1.54, 1.807) is 16.8 Å². The Kier molecular flexibility index (Phi) is 5.47. The third-order valence-corrected chi connectivity index (χ3v) is 4.73. The van der Waals surface area contributed by atoms with Gasteiger partial charge in [-0.15, -0.1) is 0 Å². The van der Waals surface area contributed by atoms with E-state index in [0.717, 1.165) is 34.7 Å². The summed E-state index contributed by atoms with van der Waals surface area (Å²) in [6.07, 6.45) is -1.58. The van der Waals surface area contributed by atoms with E-state index in [4.69, 9.17) is 11.6 Å². The molecule has 0 aliphatic rings. The number of amides is 1. The van der Waals surface area contributed by atoms with Gasteiger partial charge in [0.05, 0.1) is 21.8 Å². The molecule has 0 bridgehead atoms. The van der Waals surface area contributed by atoms with Crippen LogP contribution in [0.2, 0.25) is 5.02 Å². The summed E-state index contributed by atoms with van der Waals surface area (Å²) in [5.74, 6) is -0.554. The molecule has 1 amide bonds. The number of hydrogen-bond acceptors (Lipinski definition) is 2. The predicted molar refractivity (Wildman–Crippen MR) is 102 cm³/mol. The number of alkyl halides is 3. The van der Waals surface area contributed by atoms with Gasteiger partial charge in [0, 0.05) is 17.1 Å². The first-order valence-corrected chi connectivity index (χ1v) is 8.85. The van der Waals surface area contributed by atoms with E-state index in [-0.39, 0.29) is 17.3 Å². The average molecular weight is 409 g/mol. The van der Waals surface area contributed by atoms with E-state index in [2.05, 4.69) is 5.32 Å². The molecule has 2 aromatic carbocycles. The van der Waals surface area contributed by atoms with Crippen molar-refractivity contribution in [1.82, 2.24) is 4.57 Å². The highest BCUT2D eigenvalue weighted by Crippen LogP contribution is 2.34. The zero-order valence-corrected chi connectivity index (χ0v) is 15.6. The molecule has 28 heavy (non-hydrogen) atoms. The first-order valence-electron chi connectivity index (χ1n) is 8.47. The van der Waals surface area contributed by atoms with Crippen molar-refractivity contribution < 1.29 is 22.8 Å². The van der Waals surface area contributed by atoms with Crippen LogP contribution in [0.5, 0.6) is 0 Å². The molecule has 0 unspecified atom stereocenters. The Bertz CT molecular complexity index is 1060. The lowest BCUT2D eigenvalue weighted by molar-refractivity contribution is -0.137. The third-order valence-electron chi connectivity index (χ3n) is 4.40. The van der Waals surface area contributed by atoms with Gasteiger partial charge < -0.3 is 9.88 Å². The number of para-hydroxylation sites is 1. The summed E-state index contributed by atoms with van der Waals surface area (Å²) in [4.78, 5) is 23.8. The van der Waals surface area contributed by atoms with Crippen molar-refractivity contribution in [3.05, 3.63) is 64.3 Å². The van der Waals surface area contributed by atoms with Crippen LogP contribution in [0.4, 0.5) is 18.9 Å². The van der Waals surface area contributed by atoms with E-state index < -0.39 is 17.6 Å². The molecule has 1 aromatic heterocycles. The van der Waals surface area contributed by atoms with Gasteiger partial charge >= 0.3 is 6.18 Å². The standard InChI is InChI=1S/C20H16ClF3N2O2/c1-2-12-4-3-5-15-13(11-27)9-26(19(12)15)10-18(28)25-17-8-14(20(22,23)24)6-7-16(17)21/h3-9,11H,2,10H2,1H3,(H,25,28). The molecule has 0 spiro atoms. The Morgan fingerprint density at radius 3 is 2.64 bits per heavy atom. The molecule has 0 fully saturated rings. The van der Waals surface area contributed by atoms with Crippen molar-refractivity contribution in [1.29, 1.82) is 0 Å². The Hall–Kier alpha value is -2.80. The zero-order valence-electron chi connectivity index (χ0n) is 14.8. The predicted octanol–water partition coefficient (Wildman–Crippen LogP) is 5.33. The molecule has 0 saturated carbocycles. The fraction of sp³-hybridized carbons (Fsp3) is 0.200. The number of nitrogens with one attached hydrogen (secondary N) is 1. The van der Waals surface area contributed by atoms with Crippen LogP contribution in [0.1, 0.15) is 28.4 Å². The second-order valence-corrected chi connectivity index (χ2v) is 6.64. The van der Waals surface area contributed by atoms with Crippen LogP contribution in [0, 0.1) is 0 Å². The molecule has 1 heterocycles. The molecule has 0 saturated heterocycles. The fourth-order valence-electron chi connectivity index (χ4n) is 3.11. The summed E-state index contributed by atoms with van der Waals surface area (Å²) in [7, 11) is 0. The number of anilines is 1. The summed E-state index contributed by atoms with van der Waals surface area (Å²) in [6, 6.07) is 8.25. The van der Waals surface area contributed by atoms with Gasteiger partial charge in [0.15, 0.2) is 6.29 Å². The Balaban J connectivity index is 1.92. The molecule has 146 valence electrons. The molecule has 0 atom stereocenters. The van der Waals surface area contributed by atoms with E-state index in [1.165, 1.54) is 0 Å². The molecule has 1 N–H and O–H groups in total. The number of benzene rings is 2. The van der Waals surface area contributed by atoms with Crippen LogP contribution in [0.3, 0.4) is 0 Å². The van der Waals surface area contributed by atoms with Crippen molar-refractivity contribution >= 4 is 40.4 Å². The highest BCUT2D eigenvalue weighted by Gasteiger charge is 2.31. The number of nitrogens with zero attached hydrogens (tertiary/aromatic N) is 1. The first-order chi connectivity index (χ1) is 13.2. The minimum atomic E-state index is -4.55. The number of carbonyl (C=O) groups is 2. The molecule has 3 rings (SSSR count). The van der Waals surface area contributed by atoms with Gasteiger partial charge in [-0.25, -0.2) is 0 Å².